The van der Waals surface area contributed by atoms with E-state index in [4.69, 9.17) is 15.9 Å². The van der Waals surface area contributed by atoms with E-state index in [1.165, 1.54) is 12.5 Å². The van der Waals surface area contributed by atoms with Gasteiger partial charge in [0.1, 0.15) is 18.2 Å². The predicted octanol–water partition coefficient (Wildman–Crippen LogP) is 0.536. The lowest BCUT2D eigenvalue weighted by atomic mass is 10.3. The second-order valence-corrected chi connectivity index (χ2v) is 5.95. The quantitative estimate of drug-likeness (QED) is 0.530. The average molecular weight is 309 g/mol. The largest absolute Gasteiger partial charge is 0.486 e. The Balaban J connectivity index is 2.08. The summed E-state index contributed by atoms with van der Waals surface area (Å²) in [5.41, 5.74) is 5.56. The van der Waals surface area contributed by atoms with Gasteiger partial charge in [0.05, 0.1) is 6.33 Å². The van der Waals surface area contributed by atoms with E-state index >= 15 is 0 Å². The van der Waals surface area contributed by atoms with Gasteiger partial charge in [0.2, 0.25) is 0 Å². The van der Waals surface area contributed by atoms with Gasteiger partial charge >= 0.3 is 0 Å². The molecule has 9 heteroatoms. The number of aryl methyl sites for hydroxylation is 1. The van der Waals surface area contributed by atoms with Crippen molar-refractivity contribution in [3.05, 3.63) is 36.8 Å². The molecule has 2 aromatic rings. The number of anilines is 1. The fourth-order valence-corrected chi connectivity index (χ4v) is 2.56. The molecule has 1 aromatic heterocycles. The third-order valence-electron chi connectivity index (χ3n) is 2.46. The van der Waals surface area contributed by atoms with Crippen LogP contribution in [0.3, 0.4) is 0 Å². The van der Waals surface area contributed by atoms with E-state index in [0.29, 0.717) is 11.4 Å². The zero-order chi connectivity index (χ0) is 15.5. The number of sulfonamides is 1. The molecular weight excluding hydrogens is 294 g/mol. The van der Waals surface area contributed by atoms with E-state index in [2.05, 4.69) is 9.71 Å². The van der Waals surface area contributed by atoms with Crippen molar-refractivity contribution in [3.8, 4) is 5.75 Å². The Labute approximate surface area is 122 Å². The number of nitrogens with one attached hydrogen (secondary N) is 2. The molecule has 0 atom stereocenters. The summed E-state index contributed by atoms with van der Waals surface area (Å²) in [5, 5.41) is 7.00. The molecule has 0 aliphatic rings. The number of imidazole rings is 1. The van der Waals surface area contributed by atoms with Gasteiger partial charge in [-0.2, -0.15) is 8.42 Å². The first-order valence-electron chi connectivity index (χ1n) is 5.93. The first kappa shape index (κ1) is 14.9. The topological polar surface area (TPSA) is 123 Å². The van der Waals surface area contributed by atoms with Gasteiger partial charge < -0.3 is 15.0 Å². The number of ether oxygens (including phenoxy) is 1. The highest BCUT2D eigenvalue weighted by Crippen LogP contribution is 2.18. The summed E-state index contributed by atoms with van der Waals surface area (Å²) >= 11 is 0. The van der Waals surface area contributed by atoms with Crippen LogP contribution in [0.25, 0.3) is 0 Å². The number of hydrogen-bond acceptors (Lipinski definition) is 5. The van der Waals surface area contributed by atoms with Crippen LogP contribution in [-0.2, 0) is 17.1 Å². The average Bonchev–Trinajstić information content (AvgIpc) is 2.85. The summed E-state index contributed by atoms with van der Waals surface area (Å²) < 4.78 is 33.3. The maximum absolute atomic E-state index is 12.1. The highest BCUT2D eigenvalue weighted by atomic mass is 32.2. The Bertz CT molecular complexity index is 737. The lowest BCUT2D eigenvalue weighted by molar-refractivity contribution is 0.374. The van der Waals surface area contributed by atoms with Crippen molar-refractivity contribution in [1.29, 1.82) is 5.41 Å². The van der Waals surface area contributed by atoms with E-state index in [1.54, 1.807) is 35.9 Å². The van der Waals surface area contributed by atoms with E-state index in [-0.39, 0.29) is 17.5 Å². The molecule has 0 spiro atoms. The number of benzene rings is 1. The van der Waals surface area contributed by atoms with Crippen LogP contribution < -0.4 is 15.2 Å². The lowest BCUT2D eigenvalue weighted by Crippen LogP contribution is -2.19. The Morgan fingerprint density at radius 2 is 2.10 bits per heavy atom. The van der Waals surface area contributed by atoms with Crippen LogP contribution in [0.2, 0.25) is 0 Å². The van der Waals surface area contributed by atoms with E-state index in [9.17, 15) is 8.42 Å². The van der Waals surface area contributed by atoms with E-state index in [0.717, 1.165) is 0 Å². The molecule has 112 valence electrons. The van der Waals surface area contributed by atoms with Gasteiger partial charge in [-0.15, -0.1) is 0 Å². The van der Waals surface area contributed by atoms with Gasteiger partial charge in [-0.25, -0.2) is 4.98 Å². The van der Waals surface area contributed by atoms with E-state index in [1.807, 2.05) is 0 Å². The van der Waals surface area contributed by atoms with Crippen molar-refractivity contribution >= 4 is 21.5 Å². The van der Waals surface area contributed by atoms with Gasteiger partial charge in [-0.05, 0) is 24.3 Å². The van der Waals surface area contributed by atoms with Crippen molar-refractivity contribution in [1.82, 2.24) is 9.55 Å². The Morgan fingerprint density at radius 1 is 1.43 bits per heavy atom. The molecule has 2 rings (SSSR count). The number of nitrogens with two attached hydrogens (primary N) is 1. The minimum atomic E-state index is -3.71. The van der Waals surface area contributed by atoms with Gasteiger partial charge in [0.25, 0.3) is 10.0 Å². The van der Waals surface area contributed by atoms with Crippen LogP contribution in [0.1, 0.15) is 0 Å². The molecule has 0 unspecified atom stereocenters. The van der Waals surface area contributed by atoms with Crippen LogP contribution in [0.15, 0.2) is 41.8 Å². The first-order valence-corrected chi connectivity index (χ1v) is 7.42. The van der Waals surface area contributed by atoms with Gasteiger partial charge in [-0.3, -0.25) is 10.1 Å². The molecule has 1 heterocycles. The SMILES string of the molecule is Cn1cnc(S(=O)(=O)Nc2ccc(OCC(=N)N)cc2)c1. The second kappa shape index (κ2) is 5.83. The second-order valence-electron chi connectivity index (χ2n) is 4.32. The van der Waals surface area contributed by atoms with Crippen LogP contribution >= 0.6 is 0 Å². The summed E-state index contributed by atoms with van der Waals surface area (Å²) in [6.07, 6.45) is 2.82. The highest BCUT2D eigenvalue weighted by Gasteiger charge is 2.16. The molecule has 0 aliphatic carbocycles. The third kappa shape index (κ3) is 3.96. The standard InChI is InChI=1S/C12H15N5O3S/c1-17-6-12(15-8-17)21(18,19)16-9-2-4-10(5-3-9)20-7-11(13)14/h2-6,8,16H,7H2,1H3,(H3,13,14). The lowest BCUT2D eigenvalue weighted by Gasteiger charge is -2.08. The number of nitrogens with zero attached hydrogens (tertiary/aromatic N) is 2. The van der Waals surface area contributed by atoms with Gasteiger partial charge in [-0.1, -0.05) is 0 Å². The molecule has 21 heavy (non-hydrogen) atoms. The molecule has 0 saturated heterocycles. The number of amidine groups is 1. The molecule has 0 fully saturated rings. The van der Waals surface area contributed by atoms with Crippen molar-refractivity contribution < 1.29 is 13.2 Å². The molecule has 8 nitrogen and oxygen atoms in total. The molecule has 0 radical (unpaired) electrons. The van der Waals surface area contributed by atoms with E-state index < -0.39 is 10.0 Å². The molecule has 0 bridgehead atoms. The minimum absolute atomic E-state index is 0.0149. The molecular formula is C12H15N5O3S. The Kier molecular flexibility index (Phi) is 4.13. The molecule has 0 aliphatic heterocycles. The monoisotopic (exact) mass is 309 g/mol. The highest BCUT2D eigenvalue weighted by molar-refractivity contribution is 7.92. The smallest absolute Gasteiger partial charge is 0.280 e. The summed E-state index contributed by atoms with van der Waals surface area (Å²) in [5.74, 6) is 0.404. The summed E-state index contributed by atoms with van der Waals surface area (Å²) in [7, 11) is -2.02. The summed E-state index contributed by atoms with van der Waals surface area (Å²) in [6.45, 7) is -0.0149. The maximum atomic E-state index is 12.1. The Hall–Kier alpha value is -2.55. The zero-order valence-electron chi connectivity index (χ0n) is 11.3. The van der Waals surface area contributed by atoms with Crippen LogP contribution in [0.4, 0.5) is 5.69 Å². The summed E-state index contributed by atoms with van der Waals surface area (Å²) in [6, 6.07) is 6.27. The fraction of sp³-hybridized carbons (Fsp3) is 0.167. The van der Waals surface area contributed by atoms with Crippen molar-refractivity contribution in [2.75, 3.05) is 11.3 Å². The van der Waals surface area contributed by atoms with Crippen LogP contribution in [-0.4, -0.2) is 30.4 Å². The van der Waals surface area contributed by atoms with Gasteiger partial charge in [0, 0.05) is 18.9 Å². The number of aromatic nitrogens is 2. The van der Waals surface area contributed by atoms with Crippen LogP contribution in [0.5, 0.6) is 5.75 Å². The van der Waals surface area contributed by atoms with Crippen molar-refractivity contribution in [2.45, 2.75) is 5.03 Å². The molecule has 0 amide bonds. The third-order valence-corrected chi connectivity index (χ3v) is 3.72. The maximum Gasteiger partial charge on any atom is 0.280 e. The first-order chi connectivity index (χ1) is 9.87. The molecule has 0 saturated carbocycles. The van der Waals surface area contributed by atoms with Crippen LogP contribution in [0, 0.1) is 5.41 Å². The summed E-state index contributed by atoms with van der Waals surface area (Å²) in [4.78, 5) is 3.80. The molecule has 1 aromatic carbocycles. The van der Waals surface area contributed by atoms with Crippen molar-refractivity contribution in [3.63, 3.8) is 0 Å². The number of rotatable bonds is 6. The van der Waals surface area contributed by atoms with Gasteiger partial charge in [0.15, 0.2) is 5.03 Å². The molecule has 4 N–H and O–H groups in total. The predicted molar refractivity (Wildman–Crippen MR) is 77.9 cm³/mol. The minimum Gasteiger partial charge on any atom is -0.486 e. The fourth-order valence-electron chi connectivity index (χ4n) is 1.52. The zero-order valence-corrected chi connectivity index (χ0v) is 12.1. The number of hydrogen-bond donors (Lipinski definition) is 3. The van der Waals surface area contributed by atoms with Crippen molar-refractivity contribution in [2.24, 2.45) is 12.8 Å². The normalized spacial score (nSPS) is 11.1. The Morgan fingerprint density at radius 3 is 2.62 bits per heavy atom.